The topological polar surface area (TPSA) is 108 Å². The predicted molar refractivity (Wildman–Crippen MR) is 141 cm³/mol. The van der Waals surface area contributed by atoms with E-state index in [-0.39, 0.29) is 24.4 Å². The molecule has 1 aromatic heterocycles. The third-order valence-electron chi connectivity index (χ3n) is 6.60. The number of aryl methyl sites for hydroxylation is 1. The summed E-state index contributed by atoms with van der Waals surface area (Å²) in [6, 6.07) is 19.7. The summed E-state index contributed by atoms with van der Waals surface area (Å²) in [5.74, 6) is 1.64. The lowest BCUT2D eigenvalue weighted by Crippen LogP contribution is -2.42. The number of rotatable bonds is 7. The van der Waals surface area contributed by atoms with Crippen LogP contribution in [0.3, 0.4) is 0 Å². The van der Waals surface area contributed by atoms with Gasteiger partial charge >= 0.3 is 0 Å². The summed E-state index contributed by atoms with van der Waals surface area (Å²) in [6.45, 7) is 1.67. The van der Waals surface area contributed by atoms with Crippen molar-refractivity contribution in [3.05, 3.63) is 89.7 Å². The van der Waals surface area contributed by atoms with Gasteiger partial charge in [-0.15, -0.1) is 0 Å². The molecule has 3 aromatic carbocycles. The Kier molecular flexibility index (Phi) is 6.25. The van der Waals surface area contributed by atoms with Crippen molar-refractivity contribution >= 4 is 38.0 Å². The molecule has 0 spiro atoms. The molecule has 0 amide bonds. The number of allylic oxidation sites excluding steroid dienone is 1. The van der Waals surface area contributed by atoms with Crippen molar-refractivity contribution in [1.82, 2.24) is 5.16 Å². The van der Waals surface area contributed by atoms with Crippen molar-refractivity contribution < 1.29 is 27.2 Å². The summed E-state index contributed by atoms with van der Waals surface area (Å²) in [5, 5.41) is 5.72. The summed E-state index contributed by atoms with van der Waals surface area (Å²) >= 11 is 0. The molecular weight excluding hydrogens is 492 g/mol. The lowest BCUT2D eigenvalue weighted by Gasteiger charge is -2.34. The number of sulfonamides is 1. The molecule has 1 heterocycles. The van der Waals surface area contributed by atoms with E-state index in [4.69, 9.17) is 14.0 Å². The number of methoxy groups -OCH3 is 2. The Morgan fingerprint density at radius 3 is 2.27 bits per heavy atom. The molecule has 37 heavy (non-hydrogen) atoms. The number of aromatic nitrogens is 1. The molecule has 1 aliphatic rings. The maximum atomic E-state index is 14.0. The Balaban J connectivity index is 1.67. The van der Waals surface area contributed by atoms with Crippen LogP contribution in [0.4, 0.5) is 5.82 Å². The molecule has 1 aliphatic carbocycles. The zero-order chi connectivity index (χ0) is 26.2. The molecule has 0 saturated heterocycles. The highest BCUT2D eigenvalue weighted by Crippen LogP contribution is 2.44. The van der Waals surface area contributed by atoms with Crippen molar-refractivity contribution in [2.24, 2.45) is 0 Å². The lowest BCUT2D eigenvalue weighted by atomic mass is 9.81. The third kappa shape index (κ3) is 4.58. The predicted octanol–water partition coefficient (Wildman–Crippen LogP) is 5.24. The fourth-order valence-electron chi connectivity index (χ4n) is 4.72. The summed E-state index contributed by atoms with van der Waals surface area (Å²) in [6.07, 6.45) is 1.59. The molecule has 190 valence electrons. The van der Waals surface area contributed by atoms with Crippen LogP contribution in [0.15, 0.2) is 77.3 Å². The van der Waals surface area contributed by atoms with E-state index >= 15 is 0 Å². The summed E-state index contributed by atoms with van der Waals surface area (Å²) in [4.78, 5) is 13.2. The van der Waals surface area contributed by atoms with Gasteiger partial charge < -0.3 is 14.0 Å². The molecule has 0 saturated carbocycles. The molecule has 0 bridgehead atoms. The van der Waals surface area contributed by atoms with Crippen LogP contribution in [0.1, 0.15) is 29.7 Å². The van der Waals surface area contributed by atoms with Crippen LogP contribution in [0.25, 0.3) is 16.3 Å². The Morgan fingerprint density at radius 1 is 0.919 bits per heavy atom. The quantitative estimate of drug-likeness (QED) is 0.357. The number of carbonyl (C=O) groups is 1. The van der Waals surface area contributed by atoms with E-state index in [1.165, 1.54) is 13.2 Å². The first kappa shape index (κ1) is 24.6. The smallest absolute Gasteiger partial charge is 0.248 e. The molecular formula is C28H26N2O6S. The number of anilines is 1. The molecule has 1 atom stereocenters. The maximum absolute atomic E-state index is 14.0. The van der Waals surface area contributed by atoms with Crippen LogP contribution < -0.4 is 14.2 Å². The van der Waals surface area contributed by atoms with E-state index in [1.54, 1.807) is 44.4 Å². The first-order chi connectivity index (χ1) is 17.7. The van der Waals surface area contributed by atoms with E-state index in [0.29, 0.717) is 22.6 Å². The number of ether oxygens (including phenoxy) is 2. The fraction of sp³-hybridized carbons (Fsp3) is 0.214. The normalized spacial score (nSPS) is 17.9. The van der Waals surface area contributed by atoms with Crippen molar-refractivity contribution in [3.8, 4) is 11.5 Å². The second-order valence-electron chi connectivity index (χ2n) is 9.04. The number of Topliss-reactive ketones (excluding diaryl/α,β-unsaturated/α-hetero) is 1. The number of hydrogen-bond donors (Lipinski definition) is 1. The van der Waals surface area contributed by atoms with E-state index in [1.807, 2.05) is 36.4 Å². The Labute approximate surface area is 214 Å². The molecule has 4 aromatic rings. The van der Waals surface area contributed by atoms with E-state index in [2.05, 4.69) is 9.88 Å². The minimum atomic E-state index is -4.21. The molecule has 1 N–H and O–H groups in total. The zero-order valence-corrected chi connectivity index (χ0v) is 21.5. The summed E-state index contributed by atoms with van der Waals surface area (Å²) in [7, 11) is -1.06. The Morgan fingerprint density at radius 2 is 1.59 bits per heavy atom. The van der Waals surface area contributed by atoms with E-state index in [9.17, 15) is 13.2 Å². The number of fused-ring (bicyclic) bond motifs is 1. The van der Waals surface area contributed by atoms with Crippen LogP contribution in [0.5, 0.6) is 11.5 Å². The summed E-state index contributed by atoms with van der Waals surface area (Å²) < 4.78 is 44.5. The SMILES string of the molecule is COc1ccc(C2(S(=O)(=O)Nc3cc(C)on3)C=C(c3ccc4cc(OC)ccc4c3)CC(=O)C2)cc1. The minimum Gasteiger partial charge on any atom is -0.497 e. The Hall–Kier alpha value is -4.11. The second kappa shape index (κ2) is 9.40. The zero-order valence-electron chi connectivity index (χ0n) is 20.6. The summed E-state index contributed by atoms with van der Waals surface area (Å²) in [5.41, 5.74) is 1.85. The van der Waals surface area contributed by atoms with Gasteiger partial charge in [-0.3, -0.25) is 9.52 Å². The van der Waals surface area contributed by atoms with Crippen LogP contribution in [-0.2, 0) is 19.6 Å². The lowest BCUT2D eigenvalue weighted by molar-refractivity contribution is -0.118. The number of carbonyl (C=O) groups excluding carboxylic acids is 1. The van der Waals surface area contributed by atoms with Gasteiger partial charge in [0, 0.05) is 18.9 Å². The number of nitrogens with zero attached hydrogens (tertiary/aromatic N) is 1. The first-order valence-corrected chi connectivity index (χ1v) is 13.1. The van der Waals surface area contributed by atoms with Crippen molar-refractivity contribution in [1.29, 1.82) is 0 Å². The Bertz CT molecular complexity index is 1620. The van der Waals surface area contributed by atoms with Crippen molar-refractivity contribution in [2.75, 3.05) is 18.9 Å². The van der Waals surface area contributed by atoms with Crippen LogP contribution in [-0.4, -0.2) is 33.6 Å². The van der Waals surface area contributed by atoms with Crippen molar-refractivity contribution in [3.63, 3.8) is 0 Å². The average Bonchev–Trinajstić information content (AvgIpc) is 3.31. The standard InChI is InChI=1S/C28H26N2O6S/c1-18-12-27(29-36-18)30-37(32,33)28(23-7-10-25(34-2)11-8-23)16-22(14-24(31)17-28)20-4-5-21-15-26(35-3)9-6-19(21)13-20/h4-13,15-16H,14,17H2,1-3H3,(H,29,30). The maximum Gasteiger partial charge on any atom is 0.248 e. The van der Waals surface area contributed by atoms with Crippen LogP contribution >= 0.6 is 0 Å². The number of nitrogens with one attached hydrogen (secondary N) is 1. The highest BCUT2D eigenvalue weighted by atomic mass is 32.2. The fourth-order valence-corrected chi connectivity index (χ4v) is 6.37. The van der Waals surface area contributed by atoms with Crippen molar-refractivity contribution in [2.45, 2.75) is 24.5 Å². The van der Waals surface area contributed by atoms with Gasteiger partial charge in [0.05, 0.1) is 14.2 Å². The van der Waals surface area contributed by atoms with Gasteiger partial charge in [-0.1, -0.05) is 41.6 Å². The van der Waals surface area contributed by atoms with Gasteiger partial charge in [-0.25, -0.2) is 8.42 Å². The third-order valence-corrected chi connectivity index (χ3v) is 8.53. The first-order valence-electron chi connectivity index (χ1n) is 11.6. The van der Waals surface area contributed by atoms with Crippen LogP contribution in [0.2, 0.25) is 0 Å². The highest BCUT2D eigenvalue weighted by Gasteiger charge is 2.48. The minimum absolute atomic E-state index is 0.0537. The average molecular weight is 519 g/mol. The highest BCUT2D eigenvalue weighted by molar-refractivity contribution is 7.93. The van der Waals surface area contributed by atoms with Gasteiger partial charge in [0.1, 0.15) is 27.8 Å². The largest absolute Gasteiger partial charge is 0.497 e. The number of hydrogen-bond acceptors (Lipinski definition) is 7. The molecule has 8 nitrogen and oxygen atoms in total. The van der Waals surface area contributed by atoms with Gasteiger partial charge in [-0.05, 0) is 64.7 Å². The molecule has 5 rings (SSSR count). The second-order valence-corrected chi connectivity index (χ2v) is 11.0. The molecule has 0 radical (unpaired) electrons. The van der Waals surface area contributed by atoms with Gasteiger partial charge in [0.25, 0.3) is 0 Å². The molecule has 1 unspecified atom stereocenters. The van der Waals surface area contributed by atoms with E-state index < -0.39 is 14.8 Å². The molecule has 0 aliphatic heterocycles. The molecule has 0 fully saturated rings. The van der Waals surface area contributed by atoms with Gasteiger partial charge in [0.15, 0.2) is 5.82 Å². The molecule has 9 heteroatoms. The van der Waals surface area contributed by atoms with E-state index in [0.717, 1.165) is 22.1 Å². The van der Waals surface area contributed by atoms with Gasteiger partial charge in [0.2, 0.25) is 10.0 Å². The monoisotopic (exact) mass is 518 g/mol. The van der Waals surface area contributed by atoms with Crippen LogP contribution in [0, 0.1) is 6.92 Å². The number of ketones is 1. The number of benzene rings is 3. The van der Waals surface area contributed by atoms with Gasteiger partial charge in [-0.2, -0.15) is 0 Å².